The van der Waals surface area contributed by atoms with Crippen LogP contribution < -0.4 is 10.1 Å². The van der Waals surface area contributed by atoms with Crippen LogP contribution in [0, 0.1) is 0 Å². The van der Waals surface area contributed by atoms with Crippen molar-refractivity contribution in [3.63, 3.8) is 0 Å². The minimum atomic E-state index is -0.163. The summed E-state index contributed by atoms with van der Waals surface area (Å²) < 4.78 is 7.31. The molecule has 1 atom stereocenters. The standard InChI is InChI=1S/C13H13Br2NO2S/c1-18-11-5-3-2-4-9(11)16-10(7-17)12-6-8(14)13(15)19-12/h2-6,10,16-17H,7H2,1H3. The van der Waals surface area contributed by atoms with Gasteiger partial charge in [-0.05, 0) is 50.1 Å². The molecule has 3 nitrogen and oxygen atoms in total. The van der Waals surface area contributed by atoms with Crippen molar-refractivity contribution >= 4 is 48.9 Å². The zero-order valence-electron chi connectivity index (χ0n) is 10.2. The smallest absolute Gasteiger partial charge is 0.141 e. The highest BCUT2D eigenvalue weighted by atomic mass is 79.9. The third-order valence-electron chi connectivity index (χ3n) is 2.63. The number of hydrogen-bond donors (Lipinski definition) is 2. The Bertz CT molecular complexity index is 540. The lowest BCUT2D eigenvalue weighted by Crippen LogP contribution is -2.14. The molecule has 102 valence electrons. The number of anilines is 1. The molecule has 0 amide bonds. The molecule has 6 heteroatoms. The van der Waals surface area contributed by atoms with Crippen LogP contribution in [0.25, 0.3) is 0 Å². The van der Waals surface area contributed by atoms with E-state index in [0.29, 0.717) is 0 Å². The number of ether oxygens (including phenoxy) is 1. The van der Waals surface area contributed by atoms with Gasteiger partial charge in [0.1, 0.15) is 5.75 Å². The lowest BCUT2D eigenvalue weighted by molar-refractivity contribution is 0.277. The molecule has 2 rings (SSSR count). The molecule has 0 bridgehead atoms. The van der Waals surface area contributed by atoms with Crippen LogP contribution in [-0.2, 0) is 0 Å². The molecule has 0 spiro atoms. The normalized spacial score (nSPS) is 12.2. The van der Waals surface area contributed by atoms with Crippen LogP contribution in [0.5, 0.6) is 5.75 Å². The van der Waals surface area contributed by atoms with Crippen molar-refractivity contribution in [2.75, 3.05) is 19.0 Å². The van der Waals surface area contributed by atoms with E-state index in [1.807, 2.05) is 30.3 Å². The molecule has 1 aromatic carbocycles. The first-order valence-corrected chi connectivity index (χ1v) is 8.01. The minimum absolute atomic E-state index is 0.0114. The van der Waals surface area contributed by atoms with Gasteiger partial charge in [-0.2, -0.15) is 0 Å². The fourth-order valence-corrected chi connectivity index (χ4v) is 3.83. The monoisotopic (exact) mass is 405 g/mol. The summed E-state index contributed by atoms with van der Waals surface area (Å²) >= 11 is 8.51. The number of halogens is 2. The van der Waals surface area contributed by atoms with E-state index in [1.54, 1.807) is 18.4 Å². The molecule has 1 aromatic heterocycles. The van der Waals surface area contributed by atoms with E-state index in [1.165, 1.54) is 0 Å². The van der Waals surface area contributed by atoms with Gasteiger partial charge < -0.3 is 15.2 Å². The minimum Gasteiger partial charge on any atom is -0.495 e. The van der Waals surface area contributed by atoms with Crippen LogP contribution in [0.1, 0.15) is 10.9 Å². The van der Waals surface area contributed by atoms with Gasteiger partial charge in [0.15, 0.2) is 0 Å². The number of benzene rings is 1. The summed E-state index contributed by atoms with van der Waals surface area (Å²) in [5, 5.41) is 12.9. The highest BCUT2D eigenvalue weighted by Gasteiger charge is 2.16. The Kier molecular flexibility index (Phi) is 5.27. The predicted octanol–water partition coefficient (Wildman–Crippen LogP) is 4.43. The summed E-state index contributed by atoms with van der Waals surface area (Å²) in [6.45, 7) is 0.0114. The first-order chi connectivity index (χ1) is 9.15. The number of nitrogens with one attached hydrogen (secondary N) is 1. The predicted molar refractivity (Wildman–Crippen MR) is 86.2 cm³/mol. The van der Waals surface area contributed by atoms with E-state index in [-0.39, 0.29) is 12.6 Å². The summed E-state index contributed by atoms with van der Waals surface area (Å²) in [5.74, 6) is 0.760. The maximum Gasteiger partial charge on any atom is 0.141 e. The van der Waals surface area contributed by atoms with E-state index in [4.69, 9.17) is 4.74 Å². The van der Waals surface area contributed by atoms with Gasteiger partial charge in [-0.25, -0.2) is 0 Å². The van der Waals surface area contributed by atoms with E-state index in [2.05, 4.69) is 37.2 Å². The second kappa shape index (κ2) is 6.74. The van der Waals surface area contributed by atoms with Crippen molar-refractivity contribution in [1.82, 2.24) is 0 Å². The molecule has 0 aliphatic carbocycles. The maximum atomic E-state index is 9.58. The molecule has 19 heavy (non-hydrogen) atoms. The van der Waals surface area contributed by atoms with Crippen molar-refractivity contribution in [2.45, 2.75) is 6.04 Å². The Balaban J connectivity index is 2.23. The Morgan fingerprint density at radius 1 is 1.37 bits per heavy atom. The highest BCUT2D eigenvalue weighted by molar-refractivity contribution is 9.13. The van der Waals surface area contributed by atoms with Crippen molar-refractivity contribution in [3.8, 4) is 5.75 Å². The summed E-state index contributed by atoms with van der Waals surface area (Å²) in [5.41, 5.74) is 0.865. The zero-order valence-corrected chi connectivity index (χ0v) is 14.2. The van der Waals surface area contributed by atoms with E-state index in [0.717, 1.165) is 24.6 Å². The van der Waals surface area contributed by atoms with Crippen LogP contribution >= 0.6 is 43.2 Å². The fraction of sp³-hybridized carbons (Fsp3) is 0.231. The summed E-state index contributed by atoms with van der Waals surface area (Å²) in [7, 11) is 1.63. The number of para-hydroxylation sites is 2. The van der Waals surface area contributed by atoms with Gasteiger partial charge in [-0.1, -0.05) is 12.1 Å². The molecule has 0 fully saturated rings. The highest BCUT2D eigenvalue weighted by Crippen LogP contribution is 2.37. The van der Waals surface area contributed by atoms with Gasteiger partial charge in [-0.3, -0.25) is 0 Å². The zero-order chi connectivity index (χ0) is 13.8. The van der Waals surface area contributed by atoms with Gasteiger partial charge in [0.25, 0.3) is 0 Å². The average molecular weight is 407 g/mol. The third-order valence-corrected chi connectivity index (χ3v) is 6.00. The lowest BCUT2D eigenvalue weighted by Gasteiger charge is -2.18. The number of methoxy groups -OCH3 is 1. The van der Waals surface area contributed by atoms with E-state index in [9.17, 15) is 5.11 Å². The molecule has 0 aliphatic rings. The topological polar surface area (TPSA) is 41.5 Å². The van der Waals surface area contributed by atoms with Crippen molar-refractivity contribution in [1.29, 1.82) is 0 Å². The maximum absolute atomic E-state index is 9.58. The van der Waals surface area contributed by atoms with E-state index < -0.39 is 0 Å². The van der Waals surface area contributed by atoms with Gasteiger partial charge in [-0.15, -0.1) is 11.3 Å². The van der Waals surface area contributed by atoms with Crippen molar-refractivity contribution in [3.05, 3.63) is 43.5 Å². The molecule has 0 aliphatic heterocycles. The second-order valence-corrected chi connectivity index (χ2v) is 7.11. The first-order valence-electron chi connectivity index (χ1n) is 5.61. The SMILES string of the molecule is COc1ccccc1NC(CO)c1cc(Br)c(Br)s1. The van der Waals surface area contributed by atoms with Crippen molar-refractivity contribution < 1.29 is 9.84 Å². The number of thiophene rings is 1. The summed E-state index contributed by atoms with van der Waals surface area (Å²) in [4.78, 5) is 1.05. The largest absolute Gasteiger partial charge is 0.495 e. The van der Waals surface area contributed by atoms with Crippen LogP contribution in [0.3, 0.4) is 0 Å². The molecule has 0 saturated heterocycles. The summed E-state index contributed by atoms with van der Waals surface area (Å²) in [6.07, 6.45) is 0. The van der Waals surface area contributed by atoms with Crippen LogP contribution in [0.15, 0.2) is 38.6 Å². The second-order valence-electron chi connectivity index (χ2n) is 3.85. The first kappa shape index (κ1) is 14.8. The number of aliphatic hydroxyl groups is 1. The molecule has 0 saturated carbocycles. The number of aliphatic hydroxyl groups excluding tert-OH is 1. The average Bonchev–Trinajstić information content (AvgIpc) is 2.76. The molecule has 2 N–H and O–H groups in total. The molecular weight excluding hydrogens is 394 g/mol. The molecule has 1 heterocycles. The van der Waals surface area contributed by atoms with Crippen LogP contribution in [-0.4, -0.2) is 18.8 Å². The molecule has 0 radical (unpaired) electrons. The third kappa shape index (κ3) is 3.51. The van der Waals surface area contributed by atoms with Gasteiger partial charge in [0.2, 0.25) is 0 Å². The Morgan fingerprint density at radius 3 is 2.68 bits per heavy atom. The van der Waals surface area contributed by atoms with Gasteiger partial charge in [0, 0.05) is 9.35 Å². The van der Waals surface area contributed by atoms with Gasteiger partial charge >= 0.3 is 0 Å². The fourth-order valence-electron chi connectivity index (χ4n) is 1.69. The lowest BCUT2D eigenvalue weighted by atomic mass is 10.2. The van der Waals surface area contributed by atoms with Gasteiger partial charge in [0.05, 0.1) is 29.2 Å². The van der Waals surface area contributed by atoms with Crippen LogP contribution in [0.4, 0.5) is 5.69 Å². The molecular formula is C13H13Br2NO2S. The Hall–Kier alpha value is -0.560. The van der Waals surface area contributed by atoms with Crippen molar-refractivity contribution in [2.24, 2.45) is 0 Å². The Labute approximate surface area is 132 Å². The molecule has 2 aromatic rings. The van der Waals surface area contributed by atoms with E-state index >= 15 is 0 Å². The quantitative estimate of drug-likeness (QED) is 0.771. The Morgan fingerprint density at radius 2 is 2.11 bits per heavy atom. The molecule has 1 unspecified atom stereocenters. The number of hydrogen-bond acceptors (Lipinski definition) is 4. The number of rotatable bonds is 5. The van der Waals surface area contributed by atoms with Crippen LogP contribution in [0.2, 0.25) is 0 Å². The summed E-state index contributed by atoms with van der Waals surface area (Å²) in [6, 6.07) is 9.49.